The highest BCUT2D eigenvalue weighted by molar-refractivity contribution is 5.76. The molecule has 0 aromatic heterocycles. The molecule has 104 valence electrons. The van der Waals surface area contributed by atoms with Crippen molar-refractivity contribution in [1.82, 2.24) is 4.90 Å². The topological polar surface area (TPSA) is 46.3 Å². The van der Waals surface area contributed by atoms with Crippen LogP contribution in [0.4, 0.5) is 0 Å². The molecule has 1 heterocycles. The summed E-state index contributed by atoms with van der Waals surface area (Å²) in [5, 5.41) is 0. The number of hydrogen-bond acceptors (Lipinski definition) is 2. The molecule has 18 heavy (non-hydrogen) atoms. The molecule has 0 spiro atoms. The molecule has 0 fully saturated rings. The minimum Gasteiger partial charge on any atom is -0.339 e. The zero-order valence-corrected chi connectivity index (χ0v) is 12.3. The van der Waals surface area contributed by atoms with Crippen LogP contribution in [0.3, 0.4) is 0 Å². The molecule has 1 aliphatic rings. The predicted octanol–water partition coefficient (Wildman–Crippen LogP) is 2.57. The van der Waals surface area contributed by atoms with Crippen LogP contribution >= 0.6 is 0 Å². The molecule has 0 aliphatic carbocycles. The second kappa shape index (κ2) is 6.37. The second-order valence-corrected chi connectivity index (χ2v) is 6.28. The van der Waals surface area contributed by atoms with Crippen LogP contribution < -0.4 is 5.73 Å². The molecule has 3 nitrogen and oxygen atoms in total. The van der Waals surface area contributed by atoms with E-state index in [1.54, 1.807) is 0 Å². The molecule has 0 radical (unpaired) electrons. The van der Waals surface area contributed by atoms with Gasteiger partial charge in [-0.15, -0.1) is 0 Å². The smallest absolute Gasteiger partial charge is 0.223 e. The van der Waals surface area contributed by atoms with Crippen molar-refractivity contribution in [3.63, 3.8) is 0 Å². The van der Waals surface area contributed by atoms with Crippen molar-refractivity contribution < 1.29 is 4.79 Å². The van der Waals surface area contributed by atoms with Crippen LogP contribution in [0.1, 0.15) is 47.0 Å². The van der Waals surface area contributed by atoms with Crippen LogP contribution in [0.2, 0.25) is 0 Å². The molecule has 3 heteroatoms. The van der Waals surface area contributed by atoms with Crippen LogP contribution in [0.15, 0.2) is 11.6 Å². The fourth-order valence-electron chi connectivity index (χ4n) is 2.35. The van der Waals surface area contributed by atoms with E-state index in [-0.39, 0.29) is 11.3 Å². The Labute approximate surface area is 111 Å². The second-order valence-electron chi connectivity index (χ2n) is 6.28. The van der Waals surface area contributed by atoms with Gasteiger partial charge in [0.05, 0.1) is 0 Å². The van der Waals surface area contributed by atoms with Gasteiger partial charge < -0.3 is 10.6 Å². The molecule has 0 bridgehead atoms. The first-order valence-electron chi connectivity index (χ1n) is 7.05. The van der Waals surface area contributed by atoms with E-state index in [0.717, 1.165) is 25.9 Å². The van der Waals surface area contributed by atoms with Crippen LogP contribution in [-0.4, -0.2) is 30.4 Å². The average Bonchev–Trinajstić information content (AvgIpc) is 2.34. The summed E-state index contributed by atoms with van der Waals surface area (Å²) in [5.74, 6) is 0.599. The van der Waals surface area contributed by atoms with Crippen molar-refractivity contribution >= 4 is 5.91 Å². The van der Waals surface area contributed by atoms with Gasteiger partial charge in [0, 0.05) is 19.5 Å². The van der Waals surface area contributed by atoms with E-state index in [9.17, 15) is 4.79 Å². The number of carbonyl (C=O) groups is 1. The van der Waals surface area contributed by atoms with Gasteiger partial charge in [0.25, 0.3) is 0 Å². The van der Waals surface area contributed by atoms with Gasteiger partial charge in [-0.3, -0.25) is 4.79 Å². The standard InChI is InChI=1S/C15H28N2O/c1-5-12(11-16)10-14(18)17-8-6-13(7-9-17)15(2,3)4/h6,12H,5,7-11,16H2,1-4H3. The maximum Gasteiger partial charge on any atom is 0.223 e. The van der Waals surface area contributed by atoms with Crippen molar-refractivity contribution in [3.05, 3.63) is 11.6 Å². The first-order chi connectivity index (χ1) is 8.38. The molecule has 0 aromatic rings. The highest BCUT2D eigenvalue weighted by atomic mass is 16.2. The van der Waals surface area contributed by atoms with Gasteiger partial charge in [-0.25, -0.2) is 0 Å². The summed E-state index contributed by atoms with van der Waals surface area (Å²) in [6, 6.07) is 0. The van der Waals surface area contributed by atoms with E-state index in [4.69, 9.17) is 5.73 Å². The van der Waals surface area contributed by atoms with E-state index in [2.05, 4.69) is 33.8 Å². The molecule has 0 saturated carbocycles. The maximum atomic E-state index is 12.1. The SMILES string of the molecule is CCC(CN)CC(=O)N1CC=C(C(C)(C)C)CC1. The fraction of sp³-hybridized carbons (Fsp3) is 0.800. The molecule has 2 N–H and O–H groups in total. The lowest BCUT2D eigenvalue weighted by molar-refractivity contribution is -0.131. The zero-order valence-electron chi connectivity index (χ0n) is 12.3. The lowest BCUT2D eigenvalue weighted by Gasteiger charge is -2.32. The van der Waals surface area contributed by atoms with Crippen molar-refractivity contribution in [2.24, 2.45) is 17.1 Å². The highest BCUT2D eigenvalue weighted by Gasteiger charge is 2.24. The molecular weight excluding hydrogens is 224 g/mol. The molecular formula is C15H28N2O. The third kappa shape index (κ3) is 4.13. The van der Waals surface area contributed by atoms with Gasteiger partial charge in [0.2, 0.25) is 5.91 Å². The number of carbonyl (C=O) groups excluding carboxylic acids is 1. The summed E-state index contributed by atoms with van der Waals surface area (Å²) in [5.41, 5.74) is 7.36. The summed E-state index contributed by atoms with van der Waals surface area (Å²) in [7, 11) is 0. The third-order valence-electron chi connectivity index (χ3n) is 3.90. The van der Waals surface area contributed by atoms with Crippen molar-refractivity contribution in [1.29, 1.82) is 0 Å². The quantitative estimate of drug-likeness (QED) is 0.782. The van der Waals surface area contributed by atoms with Crippen LogP contribution in [0.5, 0.6) is 0 Å². The minimum atomic E-state index is 0.234. The van der Waals surface area contributed by atoms with E-state index < -0.39 is 0 Å². The minimum absolute atomic E-state index is 0.234. The van der Waals surface area contributed by atoms with Gasteiger partial charge in [-0.2, -0.15) is 0 Å². The monoisotopic (exact) mass is 252 g/mol. The van der Waals surface area contributed by atoms with Crippen LogP contribution in [-0.2, 0) is 4.79 Å². The van der Waals surface area contributed by atoms with Crippen molar-refractivity contribution in [2.75, 3.05) is 19.6 Å². The fourth-order valence-corrected chi connectivity index (χ4v) is 2.35. The Balaban J connectivity index is 2.52. The Bertz CT molecular complexity index is 311. The van der Waals surface area contributed by atoms with E-state index in [0.29, 0.717) is 18.9 Å². The van der Waals surface area contributed by atoms with Gasteiger partial charge >= 0.3 is 0 Å². The zero-order chi connectivity index (χ0) is 13.8. The number of amides is 1. The molecule has 1 atom stereocenters. The lowest BCUT2D eigenvalue weighted by Crippen LogP contribution is -2.37. The number of nitrogens with zero attached hydrogens (tertiary/aromatic N) is 1. The van der Waals surface area contributed by atoms with Crippen LogP contribution in [0, 0.1) is 11.3 Å². The Hall–Kier alpha value is -0.830. The van der Waals surface area contributed by atoms with Crippen molar-refractivity contribution in [3.8, 4) is 0 Å². The van der Waals surface area contributed by atoms with Crippen molar-refractivity contribution in [2.45, 2.75) is 47.0 Å². The third-order valence-corrected chi connectivity index (χ3v) is 3.90. The van der Waals surface area contributed by atoms with Gasteiger partial charge in [-0.1, -0.05) is 45.8 Å². The Kier molecular flexibility index (Phi) is 5.39. The number of rotatable bonds is 4. The van der Waals surface area contributed by atoms with Gasteiger partial charge in [0.1, 0.15) is 0 Å². The Morgan fingerprint density at radius 1 is 1.50 bits per heavy atom. The summed E-state index contributed by atoms with van der Waals surface area (Å²) in [4.78, 5) is 14.1. The number of hydrogen-bond donors (Lipinski definition) is 1. The maximum absolute atomic E-state index is 12.1. The molecule has 1 aliphatic heterocycles. The summed E-state index contributed by atoms with van der Waals surface area (Å²) in [6.07, 6.45) is 4.82. The first kappa shape index (κ1) is 15.2. The average molecular weight is 252 g/mol. The molecule has 0 saturated heterocycles. The first-order valence-corrected chi connectivity index (χ1v) is 7.05. The highest BCUT2D eigenvalue weighted by Crippen LogP contribution is 2.30. The van der Waals surface area contributed by atoms with E-state index >= 15 is 0 Å². The van der Waals surface area contributed by atoms with Crippen LogP contribution in [0.25, 0.3) is 0 Å². The Morgan fingerprint density at radius 2 is 2.17 bits per heavy atom. The van der Waals surface area contributed by atoms with E-state index in [1.807, 2.05) is 4.90 Å². The van der Waals surface area contributed by atoms with Gasteiger partial charge in [0.15, 0.2) is 0 Å². The normalized spacial score (nSPS) is 18.5. The van der Waals surface area contributed by atoms with Gasteiger partial charge in [-0.05, 0) is 24.3 Å². The summed E-state index contributed by atoms with van der Waals surface area (Å²) in [6.45, 7) is 11.0. The predicted molar refractivity (Wildman–Crippen MR) is 76.2 cm³/mol. The summed E-state index contributed by atoms with van der Waals surface area (Å²) < 4.78 is 0. The molecule has 1 unspecified atom stereocenters. The summed E-state index contributed by atoms with van der Waals surface area (Å²) >= 11 is 0. The Morgan fingerprint density at radius 3 is 2.56 bits per heavy atom. The van der Waals surface area contributed by atoms with E-state index in [1.165, 1.54) is 5.57 Å². The largest absolute Gasteiger partial charge is 0.339 e. The lowest BCUT2D eigenvalue weighted by atomic mass is 9.83. The molecule has 1 amide bonds. The number of nitrogens with two attached hydrogens (primary N) is 1. The molecule has 1 rings (SSSR count). The molecule has 0 aromatic carbocycles.